The maximum Gasteiger partial charge on any atom is 0.410 e. The Morgan fingerprint density at radius 3 is 2.27 bits per heavy atom. The number of amides is 1. The molecule has 0 saturated carbocycles. The molecule has 0 N–H and O–H groups in total. The molecule has 122 valence electrons. The quantitative estimate of drug-likeness (QED) is 0.713. The summed E-state index contributed by atoms with van der Waals surface area (Å²) in [6.07, 6.45) is -0.324. The number of hydrogen-bond donors (Lipinski definition) is 0. The number of anilines is 1. The summed E-state index contributed by atoms with van der Waals surface area (Å²) in [6, 6.07) is 2.90. The Morgan fingerprint density at radius 2 is 1.73 bits per heavy atom. The minimum absolute atomic E-state index is 0.0752. The Kier molecular flexibility index (Phi) is 5.07. The minimum atomic E-state index is -0.539. The van der Waals surface area contributed by atoms with Crippen LogP contribution in [0.4, 0.5) is 14.9 Å². The third-order valence-electron chi connectivity index (χ3n) is 3.29. The summed E-state index contributed by atoms with van der Waals surface area (Å²) >= 11 is 11.9. The first kappa shape index (κ1) is 17.2. The third-order valence-corrected chi connectivity index (χ3v) is 4.14. The average Bonchev–Trinajstić information content (AvgIpc) is 2.43. The normalized spacial score (nSPS) is 15.9. The summed E-state index contributed by atoms with van der Waals surface area (Å²) < 4.78 is 18.7. The Balaban J connectivity index is 2.01. The molecule has 0 spiro atoms. The predicted molar refractivity (Wildman–Crippen MR) is 86.4 cm³/mol. The van der Waals surface area contributed by atoms with E-state index in [1.807, 2.05) is 25.7 Å². The van der Waals surface area contributed by atoms with Gasteiger partial charge in [-0.15, -0.1) is 0 Å². The number of carbonyl (C=O) groups is 1. The number of halogens is 3. The van der Waals surface area contributed by atoms with Crippen molar-refractivity contribution in [2.24, 2.45) is 0 Å². The smallest absolute Gasteiger partial charge is 0.410 e. The molecule has 1 aliphatic rings. The van der Waals surface area contributed by atoms with E-state index < -0.39 is 11.4 Å². The van der Waals surface area contributed by atoms with Crippen molar-refractivity contribution in [2.75, 3.05) is 31.1 Å². The van der Waals surface area contributed by atoms with Gasteiger partial charge in [0.05, 0.1) is 15.7 Å². The molecule has 1 aliphatic heterocycles. The van der Waals surface area contributed by atoms with E-state index in [1.54, 1.807) is 11.0 Å². The Morgan fingerprint density at radius 1 is 1.14 bits per heavy atom. The lowest BCUT2D eigenvalue weighted by Gasteiger charge is -2.37. The van der Waals surface area contributed by atoms with E-state index in [-0.39, 0.29) is 16.1 Å². The average molecular weight is 349 g/mol. The zero-order valence-electron chi connectivity index (χ0n) is 12.8. The van der Waals surface area contributed by atoms with Crippen LogP contribution >= 0.6 is 23.2 Å². The highest BCUT2D eigenvalue weighted by Gasteiger charge is 2.27. The van der Waals surface area contributed by atoms with Gasteiger partial charge in [0.25, 0.3) is 0 Å². The molecule has 7 heteroatoms. The zero-order valence-corrected chi connectivity index (χ0v) is 14.3. The van der Waals surface area contributed by atoms with Gasteiger partial charge in [-0.3, -0.25) is 0 Å². The van der Waals surface area contributed by atoms with Gasteiger partial charge < -0.3 is 14.5 Å². The molecule has 0 bridgehead atoms. The summed E-state index contributed by atoms with van der Waals surface area (Å²) in [5.41, 5.74) is 0.166. The van der Waals surface area contributed by atoms with E-state index in [0.29, 0.717) is 31.9 Å². The fraction of sp³-hybridized carbons (Fsp3) is 0.533. The SMILES string of the molecule is CC(C)(C)OC(=O)N1CCN(c2ccc(F)c(Cl)c2Cl)CC1. The second kappa shape index (κ2) is 6.50. The molecule has 1 amide bonds. The lowest BCUT2D eigenvalue weighted by molar-refractivity contribution is 0.0240. The number of ether oxygens (including phenoxy) is 1. The van der Waals surface area contributed by atoms with Gasteiger partial charge in [-0.1, -0.05) is 23.2 Å². The number of nitrogens with zero attached hydrogens (tertiary/aromatic N) is 2. The van der Waals surface area contributed by atoms with E-state index in [9.17, 15) is 9.18 Å². The molecule has 0 aromatic heterocycles. The van der Waals surface area contributed by atoms with Crippen LogP contribution in [0.2, 0.25) is 10.0 Å². The first-order chi connectivity index (χ1) is 10.2. The largest absolute Gasteiger partial charge is 0.444 e. The van der Waals surface area contributed by atoms with Crippen LogP contribution in [-0.4, -0.2) is 42.8 Å². The van der Waals surface area contributed by atoms with Gasteiger partial charge >= 0.3 is 6.09 Å². The Bertz CT molecular complexity index is 567. The van der Waals surface area contributed by atoms with Gasteiger partial charge in [0.1, 0.15) is 11.4 Å². The van der Waals surface area contributed by atoms with Gasteiger partial charge in [0.15, 0.2) is 0 Å². The first-order valence-corrected chi connectivity index (χ1v) is 7.81. The lowest BCUT2D eigenvalue weighted by Crippen LogP contribution is -2.50. The highest BCUT2D eigenvalue weighted by Crippen LogP contribution is 2.35. The zero-order chi connectivity index (χ0) is 16.5. The number of rotatable bonds is 1. The van der Waals surface area contributed by atoms with Crippen molar-refractivity contribution in [3.05, 3.63) is 28.0 Å². The summed E-state index contributed by atoms with van der Waals surface area (Å²) in [7, 11) is 0. The molecule has 1 aromatic rings. The molecule has 0 aliphatic carbocycles. The van der Waals surface area contributed by atoms with E-state index in [2.05, 4.69) is 0 Å². The minimum Gasteiger partial charge on any atom is -0.444 e. The van der Waals surface area contributed by atoms with Crippen molar-refractivity contribution in [2.45, 2.75) is 26.4 Å². The van der Waals surface area contributed by atoms with Crippen LogP contribution < -0.4 is 4.90 Å². The maximum atomic E-state index is 13.3. The van der Waals surface area contributed by atoms with Gasteiger partial charge in [-0.2, -0.15) is 0 Å². The standard InChI is InChI=1S/C15H19Cl2FN2O2/c1-15(2,3)22-14(21)20-8-6-19(7-9-20)11-5-4-10(18)12(16)13(11)17/h4-5H,6-9H2,1-3H3. The summed E-state index contributed by atoms with van der Waals surface area (Å²) in [4.78, 5) is 15.6. The van der Waals surface area contributed by atoms with Gasteiger partial charge in [-0.25, -0.2) is 9.18 Å². The highest BCUT2D eigenvalue weighted by atomic mass is 35.5. The predicted octanol–water partition coefficient (Wildman–Crippen LogP) is 4.19. The van der Waals surface area contributed by atoms with E-state index in [4.69, 9.17) is 27.9 Å². The molecular formula is C15H19Cl2FN2O2. The Labute approximate surface area is 139 Å². The fourth-order valence-electron chi connectivity index (χ4n) is 2.22. The van der Waals surface area contributed by atoms with Crippen molar-refractivity contribution in [1.82, 2.24) is 4.90 Å². The monoisotopic (exact) mass is 348 g/mol. The molecule has 4 nitrogen and oxygen atoms in total. The summed E-state index contributed by atoms with van der Waals surface area (Å²) in [5.74, 6) is -0.539. The van der Waals surface area contributed by atoms with Crippen LogP contribution in [0.15, 0.2) is 12.1 Å². The van der Waals surface area contributed by atoms with E-state index in [1.165, 1.54) is 6.07 Å². The molecule has 1 fully saturated rings. The van der Waals surface area contributed by atoms with E-state index >= 15 is 0 Å². The van der Waals surface area contributed by atoms with Gasteiger partial charge in [0.2, 0.25) is 0 Å². The van der Waals surface area contributed by atoms with Crippen LogP contribution in [0.5, 0.6) is 0 Å². The van der Waals surface area contributed by atoms with Gasteiger partial charge in [0, 0.05) is 26.2 Å². The van der Waals surface area contributed by atoms with Crippen molar-refractivity contribution < 1.29 is 13.9 Å². The molecule has 1 saturated heterocycles. The molecule has 0 unspecified atom stereocenters. The summed E-state index contributed by atoms with van der Waals surface area (Å²) in [5, 5.41) is 0.126. The van der Waals surface area contributed by atoms with Crippen molar-refractivity contribution in [3.8, 4) is 0 Å². The maximum absolute atomic E-state index is 13.3. The lowest BCUT2D eigenvalue weighted by atomic mass is 10.2. The van der Waals surface area contributed by atoms with Crippen molar-refractivity contribution in [1.29, 1.82) is 0 Å². The molecule has 22 heavy (non-hydrogen) atoms. The fourth-order valence-corrected chi connectivity index (χ4v) is 2.65. The number of carbonyl (C=O) groups excluding carboxylic acids is 1. The van der Waals surface area contributed by atoms with Crippen LogP contribution in [0.3, 0.4) is 0 Å². The van der Waals surface area contributed by atoms with Crippen LogP contribution in [-0.2, 0) is 4.74 Å². The molecular weight excluding hydrogens is 330 g/mol. The number of benzene rings is 1. The van der Waals surface area contributed by atoms with Crippen LogP contribution in [0.1, 0.15) is 20.8 Å². The Hall–Kier alpha value is -1.20. The summed E-state index contributed by atoms with van der Waals surface area (Å²) in [6.45, 7) is 7.70. The number of piperazine rings is 1. The van der Waals surface area contributed by atoms with E-state index in [0.717, 1.165) is 0 Å². The molecule has 0 radical (unpaired) electrons. The van der Waals surface area contributed by atoms with Crippen molar-refractivity contribution in [3.63, 3.8) is 0 Å². The van der Waals surface area contributed by atoms with Crippen LogP contribution in [0, 0.1) is 5.82 Å². The van der Waals surface area contributed by atoms with Crippen molar-refractivity contribution >= 4 is 35.0 Å². The molecule has 1 aromatic carbocycles. The first-order valence-electron chi connectivity index (χ1n) is 7.05. The van der Waals surface area contributed by atoms with Gasteiger partial charge in [-0.05, 0) is 32.9 Å². The number of hydrogen-bond acceptors (Lipinski definition) is 3. The second-order valence-corrected chi connectivity index (χ2v) is 6.90. The molecule has 1 heterocycles. The third kappa shape index (κ3) is 3.96. The molecule has 0 atom stereocenters. The van der Waals surface area contributed by atoms with Crippen LogP contribution in [0.25, 0.3) is 0 Å². The second-order valence-electron chi connectivity index (χ2n) is 6.15. The topological polar surface area (TPSA) is 32.8 Å². The highest BCUT2D eigenvalue weighted by molar-refractivity contribution is 6.43. The molecule has 2 rings (SSSR count).